The van der Waals surface area contributed by atoms with Crippen molar-refractivity contribution in [3.8, 4) is 0 Å². The summed E-state index contributed by atoms with van der Waals surface area (Å²) in [4.78, 5) is 2.86. The van der Waals surface area contributed by atoms with Gasteiger partial charge in [-0.05, 0) is 55.8 Å². The van der Waals surface area contributed by atoms with Gasteiger partial charge in [-0.15, -0.1) is 0 Å². The Hall–Kier alpha value is -0.0800. The van der Waals surface area contributed by atoms with E-state index in [2.05, 4.69) is 31.0 Å². The van der Waals surface area contributed by atoms with Crippen molar-refractivity contribution in [3.05, 3.63) is 0 Å². The molecular weight excluding hydrogens is 256 g/mol. The maximum absolute atomic E-state index is 3.87. The number of rotatable bonds is 8. The molecule has 3 fully saturated rings. The summed E-state index contributed by atoms with van der Waals surface area (Å²) in [7, 11) is 0. The third-order valence-corrected chi connectivity index (χ3v) is 5.88. The van der Waals surface area contributed by atoms with Gasteiger partial charge in [0.15, 0.2) is 0 Å². The predicted molar refractivity (Wildman–Crippen MR) is 90.5 cm³/mol. The summed E-state index contributed by atoms with van der Waals surface area (Å²) < 4.78 is 0. The molecule has 0 amide bonds. The SMILES string of the molecule is CC(C)CN(CC1(CNC2CC2)CCC(C)CC1)C1CC1. The first-order chi connectivity index (χ1) is 10.1. The van der Waals surface area contributed by atoms with E-state index in [9.17, 15) is 0 Å². The van der Waals surface area contributed by atoms with Gasteiger partial charge in [0.05, 0.1) is 0 Å². The molecule has 3 saturated carbocycles. The van der Waals surface area contributed by atoms with E-state index in [0.717, 1.165) is 23.9 Å². The molecule has 1 N–H and O–H groups in total. The smallest absolute Gasteiger partial charge is 0.00967 e. The fourth-order valence-corrected chi connectivity index (χ4v) is 4.10. The van der Waals surface area contributed by atoms with E-state index in [1.165, 1.54) is 71.0 Å². The highest BCUT2D eigenvalue weighted by molar-refractivity contribution is 4.95. The number of nitrogens with one attached hydrogen (secondary N) is 1. The van der Waals surface area contributed by atoms with Gasteiger partial charge in [-0.25, -0.2) is 0 Å². The molecule has 0 saturated heterocycles. The van der Waals surface area contributed by atoms with E-state index >= 15 is 0 Å². The highest BCUT2D eigenvalue weighted by Crippen LogP contribution is 2.42. The summed E-state index contributed by atoms with van der Waals surface area (Å²) in [6, 6.07) is 1.78. The van der Waals surface area contributed by atoms with E-state index in [1.54, 1.807) is 0 Å². The standard InChI is InChI=1S/C19H36N2/c1-15(2)12-21(18-6-7-18)14-19(13-20-17-4-5-17)10-8-16(3)9-11-19/h15-18,20H,4-14H2,1-3H3. The van der Waals surface area contributed by atoms with E-state index in [0.29, 0.717) is 5.41 Å². The Labute approximate surface area is 132 Å². The maximum Gasteiger partial charge on any atom is 0.00967 e. The first-order valence-corrected chi connectivity index (χ1v) is 9.54. The van der Waals surface area contributed by atoms with Gasteiger partial charge in [-0.3, -0.25) is 4.90 Å². The third kappa shape index (κ3) is 4.69. The van der Waals surface area contributed by atoms with Crippen LogP contribution in [-0.4, -0.2) is 36.6 Å². The predicted octanol–water partition coefficient (Wildman–Crippen LogP) is 4.06. The van der Waals surface area contributed by atoms with Gasteiger partial charge in [0, 0.05) is 31.7 Å². The van der Waals surface area contributed by atoms with E-state index in [1.807, 2.05) is 0 Å². The first-order valence-electron chi connectivity index (χ1n) is 9.54. The molecule has 0 atom stereocenters. The van der Waals surface area contributed by atoms with Gasteiger partial charge in [-0.1, -0.05) is 33.6 Å². The van der Waals surface area contributed by atoms with Gasteiger partial charge in [0.25, 0.3) is 0 Å². The zero-order valence-electron chi connectivity index (χ0n) is 14.5. The minimum atomic E-state index is 0.576. The van der Waals surface area contributed by atoms with Crippen LogP contribution in [0.4, 0.5) is 0 Å². The number of hydrogen-bond donors (Lipinski definition) is 1. The van der Waals surface area contributed by atoms with E-state index in [4.69, 9.17) is 0 Å². The molecular formula is C19H36N2. The van der Waals surface area contributed by atoms with Crippen LogP contribution in [-0.2, 0) is 0 Å². The highest BCUT2D eigenvalue weighted by Gasteiger charge is 2.40. The van der Waals surface area contributed by atoms with Crippen LogP contribution >= 0.6 is 0 Å². The van der Waals surface area contributed by atoms with Gasteiger partial charge in [0.1, 0.15) is 0 Å². The summed E-state index contributed by atoms with van der Waals surface area (Å²) >= 11 is 0. The summed E-state index contributed by atoms with van der Waals surface area (Å²) in [6.07, 6.45) is 11.6. The fraction of sp³-hybridized carbons (Fsp3) is 1.00. The van der Waals surface area contributed by atoms with Crippen molar-refractivity contribution in [1.82, 2.24) is 10.2 Å². The monoisotopic (exact) mass is 292 g/mol. The molecule has 0 radical (unpaired) electrons. The van der Waals surface area contributed by atoms with Crippen LogP contribution < -0.4 is 5.32 Å². The summed E-state index contributed by atoms with van der Waals surface area (Å²) in [5, 5.41) is 3.87. The Bertz CT molecular complexity index is 322. The Morgan fingerprint density at radius 2 is 1.71 bits per heavy atom. The molecule has 2 heteroatoms. The lowest BCUT2D eigenvalue weighted by Crippen LogP contribution is -2.48. The number of nitrogens with zero attached hydrogens (tertiary/aromatic N) is 1. The number of hydrogen-bond acceptors (Lipinski definition) is 2. The van der Waals surface area contributed by atoms with Crippen molar-refractivity contribution in [3.63, 3.8) is 0 Å². The van der Waals surface area contributed by atoms with Gasteiger partial charge in [-0.2, -0.15) is 0 Å². The van der Waals surface area contributed by atoms with Crippen molar-refractivity contribution in [2.24, 2.45) is 17.3 Å². The molecule has 0 aromatic rings. The van der Waals surface area contributed by atoms with Crippen LogP contribution in [0.15, 0.2) is 0 Å². The molecule has 0 aromatic carbocycles. The second-order valence-corrected chi connectivity index (χ2v) is 8.89. The largest absolute Gasteiger partial charge is 0.313 e. The third-order valence-electron chi connectivity index (χ3n) is 5.88. The molecule has 0 bridgehead atoms. The molecule has 21 heavy (non-hydrogen) atoms. The Kier molecular flexibility index (Phi) is 4.95. The molecule has 0 unspecified atom stereocenters. The second-order valence-electron chi connectivity index (χ2n) is 8.89. The minimum absolute atomic E-state index is 0.576. The molecule has 3 rings (SSSR count). The van der Waals surface area contributed by atoms with Gasteiger partial charge in [0.2, 0.25) is 0 Å². The average Bonchev–Trinajstić information content (AvgIpc) is 3.31. The summed E-state index contributed by atoms with van der Waals surface area (Å²) in [6.45, 7) is 11.2. The summed E-state index contributed by atoms with van der Waals surface area (Å²) in [5.74, 6) is 1.76. The van der Waals surface area contributed by atoms with Crippen LogP contribution in [0.2, 0.25) is 0 Å². The van der Waals surface area contributed by atoms with Crippen LogP contribution in [0.1, 0.15) is 72.1 Å². The first kappa shape index (κ1) is 15.8. The topological polar surface area (TPSA) is 15.3 Å². The molecule has 2 nitrogen and oxygen atoms in total. The lowest BCUT2D eigenvalue weighted by atomic mass is 9.70. The van der Waals surface area contributed by atoms with Crippen LogP contribution in [0, 0.1) is 17.3 Å². The lowest BCUT2D eigenvalue weighted by Gasteiger charge is -2.43. The maximum atomic E-state index is 3.87. The zero-order valence-corrected chi connectivity index (χ0v) is 14.5. The Morgan fingerprint density at radius 1 is 1.05 bits per heavy atom. The van der Waals surface area contributed by atoms with Crippen LogP contribution in [0.25, 0.3) is 0 Å². The summed E-state index contributed by atoms with van der Waals surface area (Å²) in [5.41, 5.74) is 0.576. The quantitative estimate of drug-likeness (QED) is 0.726. The molecule has 0 heterocycles. The second kappa shape index (κ2) is 6.58. The van der Waals surface area contributed by atoms with Gasteiger partial charge >= 0.3 is 0 Å². The molecule has 0 aromatic heterocycles. The van der Waals surface area contributed by atoms with Crippen molar-refractivity contribution in [2.45, 2.75) is 84.2 Å². The molecule has 122 valence electrons. The lowest BCUT2D eigenvalue weighted by molar-refractivity contribution is 0.0754. The Balaban J connectivity index is 1.61. The minimum Gasteiger partial charge on any atom is -0.313 e. The van der Waals surface area contributed by atoms with Crippen molar-refractivity contribution >= 4 is 0 Å². The average molecular weight is 293 g/mol. The van der Waals surface area contributed by atoms with Crippen molar-refractivity contribution in [2.75, 3.05) is 19.6 Å². The van der Waals surface area contributed by atoms with Crippen LogP contribution in [0.5, 0.6) is 0 Å². The van der Waals surface area contributed by atoms with Crippen molar-refractivity contribution < 1.29 is 0 Å². The molecule has 0 spiro atoms. The molecule has 3 aliphatic rings. The molecule has 0 aliphatic heterocycles. The van der Waals surface area contributed by atoms with Gasteiger partial charge < -0.3 is 5.32 Å². The van der Waals surface area contributed by atoms with E-state index in [-0.39, 0.29) is 0 Å². The van der Waals surface area contributed by atoms with Crippen LogP contribution in [0.3, 0.4) is 0 Å². The Morgan fingerprint density at radius 3 is 2.24 bits per heavy atom. The molecule has 3 aliphatic carbocycles. The fourth-order valence-electron chi connectivity index (χ4n) is 4.10. The van der Waals surface area contributed by atoms with Crippen molar-refractivity contribution in [1.29, 1.82) is 0 Å². The zero-order chi connectivity index (χ0) is 14.9. The highest BCUT2D eigenvalue weighted by atomic mass is 15.2. The van der Waals surface area contributed by atoms with E-state index < -0.39 is 0 Å². The normalized spacial score (nSPS) is 33.9.